The van der Waals surface area contributed by atoms with Gasteiger partial charge in [-0.1, -0.05) is 18.2 Å². The standard InChI is InChI=1S/C26H26ClF2N5O4/c1-2-21(35)33-10-4-3-5-16(12-33)34-23-18(6-7-20(22(23)27)38-17-13-37-14-17)31-26(34)32-25(36)15-8-9-30-19(11-15)24(28)29/h2,6-9,11,16-17,24H,1,3-5,10,12-14H2,(H,31,32,36). The van der Waals surface area contributed by atoms with E-state index < -0.39 is 18.0 Å². The molecular weight excluding hydrogens is 520 g/mol. The molecule has 0 bridgehead atoms. The number of carbonyl (C=O) groups excluding carboxylic acids is 2. The first kappa shape index (κ1) is 26.1. The maximum Gasteiger partial charge on any atom is 0.280 e. The van der Waals surface area contributed by atoms with Crippen molar-refractivity contribution in [3.05, 3.63) is 59.4 Å². The van der Waals surface area contributed by atoms with E-state index in [-0.39, 0.29) is 29.6 Å². The summed E-state index contributed by atoms with van der Waals surface area (Å²) in [6.07, 6.45) is 1.84. The number of pyridine rings is 1. The van der Waals surface area contributed by atoms with Crippen LogP contribution in [0.4, 0.5) is 14.7 Å². The molecule has 0 radical (unpaired) electrons. The number of carbonyl (C=O) groups is 2. The Balaban J connectivity index is 1.57. The van der Waals surface area contributed by atoms with Crippen LogP contribution in [0.25, 0.3) is 11.0 Å². The fourth-order valence-electron chi connectivity index (χ4n) is 4.67. The number of likely N-dealkylation sites (tertiary alicyclic amines) is 1. The molecule has 2 aliphatic rings. The van der Waals surface area contributed by atoms with E-state index in [9.17, 15) is 18.4 Å². The zero-order valence-corrected chi connectivity index (χ0v) is 21.2. The number of amides is 2. The van der Waals surface area contributed by atoms with Gasteiger partial charge < -0.3 is 18.9 Å². The van der Waals surface area contributed by atoms with Crippen LogP contribution in [0.2, 0.25) is 5.02 Å². The third-order valence-electron chi connectivity index (χ3n) is 6.65. The van der Waals surface area contributed by atoms with Crippen LogP contribution in [0.5, 0.6) is 5.75 Å². The number of fused-ring (bicyclic) bond motifs is 1. The van der Waals surface area contributed by atoms with Crippen molar-refractivity contribution in [3.63, 3.8) is 0 Å². The quantitative estimate of drug-likeness (QED) is 0.429. The number of nitrogens with zero attached hydrogens (tertiary/aromatic N) is 4. The van der Waals surface area contributed by atoms with Crippen molar-refractivity contribution < 1.29 is 27.8 Å². The number of imidazole rings is 1. The number of hydrogen-bond donors (Lipinski definition) is 1. The molecule has 5 rings (SSSR count). The van der Waals surface area contributed by atoms with Crippen LogP contribution in [0.3, 0.4) is 0 Å². The van der Waals surface area contributed by atoms with E-state index in [0.717, 1.165) is 25.1 Å². The maximum atomic E-state index is 13.2. The molecule has 4 heterocycles. The summed E-state index contributed by atoms with van der Waals surface area (Å²) in [4.78, 5) is 35.6. The Morgan fingerprint density at radius 2 is 2.08 bits per heavy atom. The van der Waals surface area contributed by atoms with Gasteiger partial charge >= 0.3 is 0 Å². The highest BCUT2D eigenvalue weighted by Gasteiger charge is 2.29. The Bertz CT molecular complexity index is 1380. The summed E-state index contributed by atoms with van der Waals surface area (Å²) >= 11 is 6.85. The van der Waals surface area contributed by atoms with Crippen molar-refractivity contribution in [2.45, 2.75) is 37.8 Å². The van der Waals surface area contributed by atoms with Gasteiger partial charge in [-0.25, -0.2) is 13.8 Å². The summed E-state index contributed by atoms with van der Waals surface area (Å²) < 4.78 is 39.3. The van der Waals surface area contributed by atoms with Crippen LogP contribution < -0.4 is 10.1 Å². The van der Waals surface area contributed by atoms with Crippen molar-refractivity contribution in [3.8, 4) is 5.75 Å². The molecule has 0 aliphatic carbocycles. The number of benzene rings is 1. The normalized spacial score (nSPS) is 18.2. The Morgan fingerprint density at radius 3 is 2.79 bits per heavy atom. The van der Waals surface area contributed by atoms with Crippen molar-refractivity contribution in [2.24, 2.45) is 0 Å². The molecule has 3 aromatic rings. The van der Waals surface area contributed by atoms with Crippen LogP contribution >= 0.6 is 11.6 Å². The van der Waals surface area contributed by atoms with E-state index in [1.165, 1.54) is 12.1 Å². The Morgan fingerprint density at radius 1 is 1.26 bits per heavy atom. The summed E-state index contributed by atoms with van der Waals surface area (Å²) in [6, 6.07) is 5.57. The third kappa shape index (κ3) is 5.21. The highest BCUT2D eigenvalue weighted by molar-refractivity contribution is 6.36. The lowest BCUT2D eigenvalue weighted by atomic mass is 10.1. The first-order valence-electron chi connectivity index (χ1n) is 12.3. The Kier molecular flexibility index (Phi) is 7.57. The maximum absolute atomic E-state index is 13.2. The second kappa shape index (κ2) is 11.0. The van der Waals surface area contributed by atoms with Gasteiger partial charge in [-0.05, 0) is 49.6 Å². The average Bonchev–Trinajstić information content (AvgIpc) is 3.08. The minimum atomic E-state index is -2.81. The molecule has 1 N–H and O–H groups in total. The predicted octanol–water partition coefficient (Wildman–Crippen LogP) is 4.79. The largest absolute Gasteiger partial charge is 0.484 e. The van der Waals surface area contributed by atoms with Crippen LogP contribution in [-0.2, 0) is 9.53 Å². The van der Waals surface area contributed by atoms with E-state index in [0.29, 0.717) is 54.5 Å². The van der Waals surface area contributed by atoms with Gasteiger partial charge in [-0.15, -0.1) is 0 Å². The van der Waals surface area contributed by atoms with Gasteiger partial charge in [0.1, 0.15) is 22.6 Å². The van der Waals surface area contributed by atoms with Crippen molar-refractivity contribution in [2.75, 3.05) is 31.6 Å². The van der Waals surface area contributed by atoms with Gasteiger partial charge in [0.05, 0.1) is 30.3 Å². The van der Waals surface area contributed by atoms with Crippen molar-refractivity contribution in [1.82, 2.24) is 19.4 Å². The molecule has 2 amide bonds. The van der Waals surface area contributed by atoms with E-state index in [1.807, 2.05) is 4.57 Å². The number of nitrogens with one attached hydrogen (secondary N) is 1. The molecule has 1 unspecified atom stereocenters. The fraction of sp³-hybridized carbons (Fsp3) is 0.385. The lowest BCUT2D eigenvalue weighted by Crippen LogP contribution is -2.38. The Hall–Kier alpha value is -3.57. The molecule has 0 saturated carbocycles. The molecule has 1 aromatic carbocycles. The van der Waals surface area contributed by atoms with Gasteiger partial charge in [0.2, 0.25) is 11.9 Å². The predicted molar refractivity (Wildman–Crippen MR) is 137 cm³/mol. The number of halogens is 3. The lowest BCUT2D eigenvalue weighted by molar-refractivity contribution is -0.126. The van der Waals surface area contributed by atoms with Gasteiger partial charge in [0, 0.05) is 24.8 Å². The average molecular weight is 546 g/mol. The molecule has 9 nitrogen and oxygen atoms in total. The van der Waals surface area contributed by atoms with E-state index in [1.54, 1.807) is 17.0 Å². The molecule has 2 aliphatic heterocycles. The van der Waals surface area contributed by atoms with Gasteiger partial charge in [-0.3, -0.25) is 19.9 Å². The van der Waals surface area contributed by atoms with E-state index in [2.05, 4.69) is 21.9 Å². The topological polar surface area (TPSA) is 98.6 Å². The second-order valence-corrected chi connectivity index (χ2v) is 9.57. The van der Waals surface area contributed by atoms with Crippen molar-refractivity contribution >= 4 is 40.4 Å². The number of anilines is 1. The summed E-state index contributed by atoms with van der Waals surface area (Å²) in [6.45, 7) is 5.45. The van der Waals surface area contributed by atoms with Crippen molar-refractivity contribution in [1.29, 1.82) is 0 Å². The first-order valence-corrected chi connectivity index (χ1v) is 12.6. The number of aromatic nitrogens is 3. The molecule has 2 fully saturated rings. The highest BCUT2D eigenvalue weighted by Crippen LogP contribution is 2.39. The van der Waals surface area contributed by atoms with Gasteiger partial charge in [0.15, 0.2) is 0 Å². The van der Waals surface area contributed by atoms with E-state index >= 15 is 0 Å². The zero-order chi connectivity index (χ0) is 26.8. The Labute approximate surface area is 222 Å². The van der Waals surface area contributed by atoms with E-state index in [4.69, 9.17) is 21.1 Å². The van der Waals surface area contributed by atoms with Crippen LogP contribution in [0, 0.1) is 0 Å². The summed E-state index contributed by atoms with van der Waals surface area (Å²) in [5.74, 6) is -0.180. The summed E-state index contributed by atoms with van der Waals surface area (Å²) in [7, 11) is 0. The van der Waals surface area contributed by atoms with Crippen LogP contribution in [0.1, 0.15) is 47.8 Å². The second-order valence-electron chi connectivity index (χ2n) is 9.19. The SMILES string of the molecule is C=CC(=O)N1CCCCC(n2c(NC(=O)c3ccnc(C(F)F)c3)nc3ccc(OC4COC4)c(Cl)c32)C1. The minimum Gasteiger partial charge on any atom is -0.484 e. The molecule has 2 aromatic heterocycles. The van der Waals surface area contributed by atoms with Gasteiger partial charge in [-0.2, -0.15) is 0 Å². The number of alkyl halides is 2. The third-order valence-corrected chi connectivity index (χ3v) is 7.01. The molecule has 2 saturated heterocycles. The molecule has 38 heavy (non-hydrogen) atoms. The molecule has 0 spiro atoms. The molecular formula is C26H26ClF2N5O4. The fourth-order valence-corrected chi connectivity index (χ4v) is 4.96. The monoisotopic (exact) mass is 545 g/mol. The van der Waals surface area contributed by atoms with Crippen LogP contribution in [0.15, 0.2) is 43.1 Å². The molecule has 1 atom stereocenters. The summed E-state index contributed by atoms with van der Waals surface area (Å²) in [5.41, 5.74) is 0.564. The highest BCUT2D eigenvalue weighted by atomic mass is 35.5. The summed E-state index contributed by atoms with van der Waals surface area (Å²) in [5, 5.41) is 3.08. The number of hydrogen-bond acceptors (Lipinski definition) is 6. The van der Waals surface area contributed by atoms with Gasteiger partial charge in [0.25, 0.3) is 12.3 Å². The number of ether oxygens (including phenoxy) is 2. The minimum absolute atomic E-state index is 0.0123. The molecule has 200 valence electrons. The van der Waals surface area contributed by atoms with Crippen LogP contribution in [-0.4, -0.2) is 63.7 Å². The lowest BCUT2D eigenvalue weighted by Gasteiger charge is -2.28. The smallest absolute Gasteiger partial charge is 0.280 e. The first-order chi connectivity index (χ1) is 18.4. The number of rotatable bonds is 7. The zero-order valence-electron chi connectivity index (χ0n) is 20.4. The molecule has 12 heteroatoms.